The Hall–Kier alpha value is -0.990. The number of hydrogen-bond donors (Lipinski definition) is 1. The molecule has 112 valence electrons. The van der Waals surface area contributed by atoms with E-state index >= 15 is 0 Å². The van der Waals surface area contributed by atoms with Crippen molar-refractivity contribution < 1.29 is 19.4 Å². The molecule has 1 aromatic rings. The molecular formula is C9H7BrF5N3S2. The van der Waals surface area contributed by atoms with Crippen LogP contribution in [0.25, 0.3) is 0 Å². The predicted octanol–water partition coefficient (Wildman–Crippen LogP) is 5.53. The highest BCUT2D eigenvalue weighted by Crippen LogP contribution is 3.02. The van der Waals surface area contributed by atoms with E-state index in [4.69, 9.17) is 5.26 Å². The summed E-state index contributed by atoms with van der Waals surface area (Å²) < 4.78 is 63.5. The van der Waals surface area contributed by atoms with Crippen molar-refractivity contribution >= 4 is 48.8 Å². The van der Waals surface area contributed by atoms with E-state index in [9.17, 15) is 19.4 Å². The Bertz CT molecular complexity index is 608. The van der Waals surface area contributed by atoms with Crippen LogP contribution >= 0.6 is 37.9 Å². The summed E-state index contributed by atoms with van der Waals surface area (Å²) in [5, 5.41) is 10.5. The molecule has 0 saturated heterocycles. The second-order valence-electron chi connectivity index (χ2n) is 3.47. The van der Waals surface area contributed by atoms with E-state index in [-0.39, 0.29) is 27.5 Å². The van der Waals surface area contributed by atoms with Crippen LogP contribution < -0.4 is 5.32 Å². The van der Waals surface area contributed by atoms with E-state index in [1.807, 2.05) is 0 Å². The van der Waals surface area contributed by atoms with Crippen molar-refractivity contribution in [3.8, 4) is 6.19 Å². The molecular weight excluding hydrogens is 389 g/mol. The highest BCUT2D eigenvalue weighted by Gasteiger charge is 2.65. The molecule has 0 radical (unpaired) electrons. The van der Waals surface area contributed by atoms with Gasteiger partial charge in [0, 0.05) is 4.47 Å². The highest BCUT2D eigenvalue weighted by molar-refractivity contribution is 9.10. The van der Waals surface area contributed by atoms with Crippen LogP contribution in [0.3, 0.4) is 0 Å². The fourth-order valence-electron chi connectivity index (χ4n) is 1.12. The molecule has 3 nitrogen and oxygen atoms in total. The number of benzene rings is 1. The van der Waals surface area contributed by atoms with Gasteiger partial charge in [0.25, 0.3) is 0 Å². The van der Waals surface area contributed by atoms with Gasteiger partial charge in [-0.1, -0.05) is 47.1 Å². The fraction of sp³-hybridized carbons (Fsp3) is 0.111. The van der Waals surface area contributed by atoms with Gasteiger partial charge in [0.1, 0.15) is 4.90 Å². The van der Waals surface area contributed by atoms with Gasteiger partial charge < -0.3 is 0 Å². The number of hydrogen-bond acceptors (Lipinski definition) is 3. The van der Waals surface area contributed by atoms with E-state index < -0.39 is 15.1 Å². The highest BCUT2D eigenvalue weighted by atomic mass is 79.9. The van der Waals surface area contributed by atoms with Gasteiger partial charge >= 0.3 is 10.2 Å². The monoisotopic (exact) mass is 395 g/mol. The summed E-state index contributed by atoms with van der Waals surface area (Å²) in [5.74, 6) is 0. The van der Waals surface area contributed by atoms with Gasteiger partial charge in [-0.25, -0.2) is 4.99 Å². The average molecular weight is 396 g/mol. The molecule has 0 fully saturated rings. The Morgan fingerprint density at radius 1 is 1.30 bits per heavy atom. The largest absolute Gasteiger partial charge is 0.310 e. The summed E-state index contributed by atoms with van der Waals surface area (Å²) in [4.78, 5) is 1.62. The summed E-state index contributed by atoms with van der Waals surface area (Å²) in [6, 6.07) is 1.65. The van der Waals surface area contributed by atoms with Crippen molar-refractivity contribution in [3.05, 3.63) is 22.7 Å². The second kappa shape index (κ2) is 4.78. The van der Waals surface area contributed by atoms with Crippen LogP contribution in [0.1, 0.15) is 0 Å². The normalized spacial score (nSPS) is 16.0. The molecule has 0 aliphatic carbocycles. The zero-order valence-corrected chi connectivity index (χ0v) is 12.9. The number of nitrogens with one attached hydrogen (secondary N) is 1. The third kappa shape index (κ3) is 4.84. The molecule has 1 N–H and O–H groups in total. The molecule has 20 heavy (non-hydrogen) atoms. The van der Waals surface area contributed by atoms with Gasteiger partial charge in [-0.05, 0) is 24.5 Å². The lowest BCUT2D eigenvalue weighted by molar-refractivity contribution is 0.364. The number of nitrogens with zero attached hydrogens (tertiary/aromatic N) is 2. The first-order valence-electron chi connectivity index (χ1n) is 4.68. The number of nitriles is 1. The lowest BCUT2D eigenvalue weighted by Crippen LogP contribution is -2.12. The van der Waals surface area contributed by atoms with Crippen LogP contribution in [-0.2, 0) is 0 Å². The number of rotatable bonds is 2. The third-order valence-electron chi connectivity index (χ3n) is 1.89. The fourth-order valence-corrected chi connectivity index (χ4v) is 2.80. The Balaban J connectivity index is 3.42. The molecule has 0 aliphatic rings. The van der Waals surface area contributed by atoms with Gasteiger partial charge in [-0.2, -0.15) is 5.26 Å². The van der Waals surface area contributed by atoms with E-state index in [0.717, 1.165) is 17.8 Å². The van der Waals surface area contributed by atoms with Gasteiger partial charge in [0.15, 0.2) is 11.4 Å². The maximum atomic E-state index is 12.7. The van der Waals surface area contributed by atoms with Crippen molar-refractivity contribution in [1.82, 2.24) is 5.32 Å². The molecule has 0 aliphatic heterocycles. The lowest BCUT2D eigenvalue weighted by atomic mass is 10.3. The van der Waals surface area contributed by atoms with Crippen LogP contribution in [-0.4, -0.2) is 11.4 Å². The molecule has 0 amide bonds. The first kappa shape index (κ1) is 17.1. The van der Waals surface area contributed by atoms with Crippen molar-refractivity contribution in [3.63, 3.8) is 0 Å². The van der Waals surface area contributed by atoms with Crippen molar-refractivity contribution in [2.45, 2.75) is 4.90 Å². The molecule has 0 spiro atoms. The molecule has 0 unspecified atom stereocenters. The van der Waals surface area contributed by atoms with Gasteiger partial charge in [-0.3, -0.25) is 5.32 Å². The van der Waals surface area contributed by atoms with E-state index in [2.05, 4.69) is 26.2 Å². The maximum Gasteiger partial charge on any atom is 0.310 e. The first-order chi connectivity index (χ1) is 8.85. The van der Waals surface area contributed by atoms with Crippen molar-refractivity contribution in [1.29, 1.82) is 5.26 Å². The Kier molecular flexibility index (Phi) is 4.08. The first-order valence-corrected chi connectivity index (χ1v) is 8.65. The summed E-state index contributed by atoms with van der Waals surface area (Å²) in [6.45, 7) is 0. The van der Waals surface area contributed by atoms with E-state index in [1.54, 1.807) is 0 Å². The molecule has 0 saturated carbocycles. The van der Waals surface area contributed by atoms with Crippen LogP contribution in [0, 0.1) is 11.5 Å². The van der Waals surface area contributed by atoms with Crippen molar-refractivity contribution in [2.75, 3.05) is 6.26 Å². The molecule has 11 heteroatoms. The summed E-state index contributed by atoms with van der Waals surface area (Å²) in [5.41, 5.74) is -0.352. The number of aliphatic imine (C=N–C) groups is 1. The van der Waals surface area contributed by atoms with Gasteiger partial charge in [-0.15, -0.1) is 0 Å². The summed E-state index contributed by atoms with van der Waals surface area (Å²) in [7, 11) is -9.78. The standard InChI is InChI=1S/C9H7BrF5N3S2/c1-19-9(17-5-16)18-7-2-6(10)3-8(4-7)20(11,12,13,14)15/h2-4H,1H3,(H,17,18). The van der Waals surface area contributed by atoms with Crippen molar-refractivity contribution in [2.24, 2.45) is 4.99 Å². The smallest absolute Gasteiger partial charge is 0.271 e. The van der Waals surface area contributed by atoms with Gasteiger partial charge in [0.2, 0.25) is 0 Å². The second-order valence-corrected chi connectivity index (χ2v) is 7.59. The third-order valence-corrected chi connectivity index (χ3v) is 4.05. The number of halogens is 6. The molecule has 1 rings (SSSR count). The minimum absolute atomic E-state index is 0.0151. The average Bonchev–Trinajstić information content (AvgIpc) is 2.24. The Labute approximate surface area is 124 Å². The Morgan fingerprint density at radius 2 is 1.90 bits per heavy atom. The molecule has 0 atom stereocenters. The summed E-state index contributed by atoms with van der Waals surface area (Å²) in [6.07, 6.45) is 3.06. The molecule has 0 heterocycles. The van der Waals surface area contributed by atoms with Crippen LogP contribution in [0.2, 0.25) is 0 Å². The minimum atomic E-state index is -9.78. The lowest BCUT2D eigenvalue weighted by Gasteiger charge is -2.40. The summed E-state index contributed by atoms with van der Waals surface area (Å²) >= 11 is 3.68. The predicted molar refractivity (Wildman–Crippen MR) is 74.9 cm³/mol. The molecule has 0 bridgehead atoms. The SMILES string of the molecule is CSC(=Nc1cc(Br)cc(S(F)(F)(F)(F)F)c1)NC#N. The number of thioether (sulfide) groups is 1. The van der Waals surface area contributed by atoms with Crippen LogP contribution in [0.4, 0.5) is 25.1 Å². The quantitative estimate of drug-likeness (QED) is 0.235. The zero-order chi connectivity index (χ0) is 15.7. The van der Waals surface area contributed by atoms with E-state index in [0.29, 0.717) is 0 Å². The van der Waals surface area contributed by atoms with E-state index in [1.165, 1.54) is 12.4 Å². The number of amidine groups is 1. The minimum Gasteiger partial charge on any atom is -0.271 e. The maximum absolute atomic E-state index is 12.7. The van der Waals surface area contributed by atoms with Crippen LogP contribution in [0.15, 0.2) is 32.6 Å². The topological polar surface area (TPSA) is 48.2 Å². The molecule has 0 aromatic heterocycles. The zero-order valence-electron chi connectivity index (χ0n) is 9.71. The van der Waals surface area contributed by atoms with Gasteiger partial charge in [0.05, 0.1) is 5.69 Å². The molecule has 1 aromatic carbocycles. The Morgan fingerprint density at radius 3 is 2.35 bits per heavy atom. The van der Waals surface area contributed by atoms with Crippen LogP contribution in [0.5, 0.6) is 0 Å².